The number of hydrogen-bond donors (Lipinski definition) is 0. The van der Waals surface area contributed by atoms with Crippen molar-refractivity contribution in [2.45, 2.75) is 11.8 Å². The fourth-order valence-corrected chi connectivity index (χ4v) is 5.28. The number of hydrogen-bond acceptors (Lipinski definition) is 4. The Hall–Kier alpha value is -3.92. The van der Waals surface area contributed by atoms with Crippen LogP contribution in [0.2, 0.25) is 0 Å². The second-order valence-electron chi connectivity index (χ2n) is 8.32. The molecule has 3 aliphatic carbocycles. The van der Waals surface area contributed by atoms with Crippen LogP contribution >= 0.6 is 0 Å². The van der Waals surface area contributed by atoms with E-state index in [1.54, 1.807) is 0 Å². The monoisotopic (exact) mass is 420 g/mol. The molecular formula is C28H20O4. The second kappa shape index (κ2) is 7.97. The summed E-state index contributed by atoms with van der Waals surface area (Å²) >= 11 is 0. The third kappa shape index (κ3) is 3.34. The lowest BCUT2D eigenvalue weighted by molar-refractivity contribution is -0.116. The van der Waals surface area contributed by atoms with Gasteiger partial charge in [0.05, 0.1) is 0 Å². The molecule has 0 atom stereocenters. The van der Waals surface area contributed by atoms with E-state index in [4.69, 9.17) is 0 Å². The van der Waals surface area contributed by atoms with Gasteiger partial charge in [0.15, 0.2) is 23.1 Å². The molecule has 0 saturated heterocycles. The number of carbonyl (C=O) groups excluding carboxylic acids is 4. The zero-order valence-corrected chi connectivity index (χ0v) is 17.2. The average Bonchev–Trinajstić information content (AvgIpc) is 2.79. The lowest BCUT2D eigenvalue weighted by atomic mass is 9.47. The molecule has 0 amide bonds. The molecule has 0 aromatic heterocycles. The molecule has 3 aliphatic rings. The van der Waals surface area contributed by atoms with Crippen LogP contribution in [0.4, 0.5) is 0 Å². The minimum absolute atomic E-state index is 0.185. The summed E-state index contributed by atoms with van der Waals surface area (Å²) < 4.78 is 0. The highest BCUT2D eigenvalue weighted by molar-refractivity contribution is 6.19. The fourth-order valence-electron chi connectivity index (χ4n) is 5.28. The average molecular weight is 420 g/mol. The van der Waals surface area contributed by atoms with Crippen LogP contribution in [0.25, 0.3) is 0 Å². The summed E-state index contributed by atoms with van der Waals surface area (Å²) in [6, 6.07) is 19.4. The van der Waals surface area contributed by atoms with Gasteiger partial charge in [0.25, 0.3) is 0 Å². The number of benzene rings is 2. The molecule has 156 valence electrons. The number of carbonyl (C=O) groups is 4. The van der Waals surface area contributed by atoms with Gasteiger partial charge in [-0.25, -0.2) is 0 Å². The molecule has 5 rings (SSSR count). The first-order valence-corrected chi connectivity index (χ1v) is 10.6. The molecule has 1 fully saturated rings. The zero-order valence-electron chi connectivity index (χ0n) is 17.2. The smallest absolute Gasteiger partial charge is 0.182 e. The first kappa shape index (κ1) is 20.0. The van der Waals surface area contributed by atoms with Crippen LogP contribution in [0, 0.1) is 11.8 Å². The van der Waals surface area contributed by atoms with E-state index in [-0.39, 0.29) is 46.8 Å². The highest BCUT2D eigenvalue weighted by atomic mass is 16.1. The molecule has 2 aromatic carbocycles. The van der Waals surface area contributed by atoms with Crippen molar-refractivity contribution in [2.75, 3.05) is 0 Å². The zero-order chi connectivity index (χ0) is 22.2. The molecule has 0 N–H and O–H groups in total. The third-order valence-electron chi connectivity index (χ3n) is 6.60. The normalized spacial score (nSPS) is 27.1. The van der Waals surface area contributed by atoms with E-state index in [9.17, 15) is 19.2 Å². The molecule has 0 spiro atoms. The summed E-state index contributed by atoms with van der Waals surface area (Å²) in [6.07, 6.45) is 8.08. The van der Waals surface area contributed by atoms with E-state index >= 15 is 0 Å². The molecular weight excluding hydrogens is 400 g/mol. The molecule has 0 radical (unpaired) electrons. The van der Waals surface area contributed by atoms with Gasteiger partial charge >= 0.3 is 0 Å². The summed E-state index contributed by atoms with van der Waals surface area (Å²) in [4.78, 5) is 50.1. The number of ketones is 4. The fraction of sp³-hybridized carbons (Fsp3) is 0.143. The largest absolute Gasteiger partial charge is 0.290 e. The van der Waals surface area contributed by atoms with Gasteiger partial charge in [0, 0.05) is 23.0 Å². The predicted molar refractivity (Wildman–Crippen MR) is 120 cm³/mol. The summed E-state index contributed by atoms with van der Waals surface area (Å²) in [6.45, 7) is 0. The molecule has 0 aliphatic heterocycles. The topological polar surface area (TPSA) is 68.3 Å². The SMILES string of the molecule is O=C1C=CC(=O)C(C2C(c3ccccc3)C(C3=CC(=O)C=CC3=O)C2c2ccccc2)=C1. The van der Waals surface area contributed by atoms with Crippen LogP contribution < -0.4 is 0 Å². The molecule has 4 nitrogen and oxygen atoms in total. The Labute approximate surface area is 185 Å². The van der Waals surface area contributed by atoms with Gasteiger partial charge in [0.2, 0.25) is 0 Å². The summed E-state index contributed by atoms with van der Waals surface area (Å²) in [5.74, 6) is -1.82. The Bertz CT molecular complexity index is 1140. The van der Waals surface area contributed by atoms with Gasteiger partial charge in [-0.3, -0.25) is 19.2 Å². The van der Waals surface area contributed by atoms with Crippen molar-refractivity contribution in [1.82, 2.24) is 0 Å². The van der Waals surface area contributed by atoms with Crippen LogP contribution in [0.15, 0.2) is 108 Å². The predicted octanol–water partition coefficient (Wildman–Crippen LogP) is 4.07. The lowest BCUT2D eigenvalue weighted by Crippen LogP contribution is -2.48. The van der Waals surface area contributed by atoms with Gasteiger partial charge in [-0.2, -0.15) is 0 Å². The van der Waals surface area contributed by atoms with Gasteiger partial charge < -0.3 is 0 Å². The Balaban J connectivity index is 1.70. The van der Waals surface area contributed by atoms with Crippen molar-refractivity contribution in [3.63, 3.8) is 0 Å². The van der Waals surface area contributed by atoms with E-state index in [0.29, 0.717) is 11.1 Å². The summed E-state index contributed by atoms with van der Waals surface area (Å²) in [7, 11) is 0. The Morgan fingerprint density at radius 2 is 0.812 bits per heavy atom. The van der Waals surface area contributed by atoms with Crippen molar-refractivity contribution < 1.29 is 19.2 Å². The van der Waals surface area contributed by atoms with Crippen molar-refractivity contribution in [3.05, 3.63) is 119 Å². The Morgan fingerprint density at radius 1 is 0.438 bits per heavy atom. The van der Waals surface area contributed by atoms with E-state index in [1.165, 1.54) is 36.5 Å². The molecule has 1 saturated carbocycles. The van der Waals surface area contributed by atoms with Crippen LogP contribution in [-0.4, -0.2) is 23.1 Å². The van der Waals surface area contributed by atoms with Crippen LogP contribution in [0.5, 0.6) is 0 Å². The maximum absolute atomic E-state index is 12.9. The maximum Gasteiger partial charge on any atom is 0.182 e. The van der Waals surface area contributed by atoms with Crippen molar-refractivity contribution in [1.29, 1.82) is 0 Å². The van der Waals surface area contributed by atoms with E-state index < -0.39 is 0 Å². The highest BCUT2D eigenvalue weighted by Gasteiger charge is 2.56. The van der Waals surface area contributed by atoms with Gasteiger partial charge in [-0.05, 0) is 59.4 Å². The maximum atomic E-state index is 12.9. The quantitative estimate of drug-likeness (QED) is 0.700. The van der Waals surface area contributed by atoms with Crippen LogP contribution in [-0.2, 0) is 19.2 Å². The first-order chi connectivity index (χ1) is 15.5. The second-order valence-corrected chi connectivity index (χ2v) is 8.32. The molecule has 0 heterocycles. The van der Waals surface area contributed by atoms with Gasteiger partial charge in [-0.15, -0.1) is 0 Å². The van der Waals surface area contributed by atoms with Crippen molar-refractivity contribution in [2.24, 2.45) is 11.8 Å². The van der Waals surface area contributed by atoms with Crippen LogP contribution in [0.1, 0.15) is 23.0 Å². The van der Waals surface area contributed by atoms with Crippen molar-refractivity contribution in [3.8, 4) is 0 Å². The van der Waals surface area contributed by atoms with Gasteiger partial charge in [0.1, 0.15) is 0 Å². The Kier molecular flexibility index (Phi) is 4.98. The standard InChI is InChI=1S/C28H20O4/c29-19-11-13-23(31)21(15-19)27-25(17-7-3-1-4-8-17)28(22-16-20(30)12-14-24(22)32)26(27)18-9-5-2-6-10-18/h1-16,25-28H. The molecule has 0 bridgehead atoms. The molecule has 4 heteroatoms. The highest BCUT2D eigenvalue weighted by Crippen LogP contribution is 2.63. The van der Waals surface area contributed by atoms with E-state index in [0.717, 1.165) is 11.1 Å². The number of allylic oxidation sites excluding steroid dienone is 8. The Morgan fingerprint density at radius 3 is 1.19 bits per heavy atom. The van der Waals surface area contributed by atoms with E-state index in [2.05, 4.69) is 0 Å². The van der Waals surface area contributed by atoms with Crippen molar-refractivity contribution >= 4 is 23.1 Å². The third-order valence-corrected chi connectivity index (χ3v) is 6.60. The molecule has 0 unspecified atom stereocenters. The summed E-state index contributed by atoms with van der Waals surface area (Å²) in [5.41, 5.74) is 2.87. The molecule has 2 aromatic rings. The first-order valence-electron chi connectivity index (χ1n) is 10.6. The molecule has 32 heavy (non-hydrogen) atoms. The lowest BCUT2D eigenvalue weighted by Gasteiger charge is -2.54. The van der Waals surface area contributed by atoms with Gasteiger partial charge in [-0.1, -0.05) is 60.7 Å². The van der Waals surface area contributed by atoms with E-state index in [1.807, 2.05) is 60.7 Å². The van der Waals surface area contributed by atoms with Crippen LogP contribution in [0.3, 0.4) is 0 Å². The minimum atomic E-state index is -0.291. The number of rotatable bonds is 4. The summed E-state index contributed by atoms with van der Waals surface area (Å²) in [5, 5.41) is 0. The minimum Gasteiger partial charge on any atom is -0.290 e.